The van der Waals surface area contributed by atoms with Gasteiger partial charge in [0.2, 0.25) is 0 Å². The van der Waals surface area contributed by atoms with Gasteiger partial charge in [-0.15, -0.1) is 0 Å². The zero-order valence-corrected chi connectivity index (χ0v) is 17.8. The van der Waals surface area contributed by atoms with Crippen LogP contribution in [0.2, 0.25) is 0 Å². The van der Waals surface area contributed by atoms with Gasteiger partial charge in [-0.25, -0.2) is 4.79 Å². The third kappa shape index (κ3) is 20.9. The largest absolute Gasteiger partial charge is 0.481 e. The molecule has 31 heavy (non-hydrogen) atoms. The number of aliphatic hydroxyl groups is 5. The number of hydrogen-bond donors (Lipinski definition) is 9. The number of hydrogen-bond acceptors (Lipinski definition) is 11. The maximum Gasteiger partial charge on any atom is 0.335 e. The van der Waals surface area contributed by atoms with Gasteiger partial charge >= 0.3 is 17.9 Å². The highest BCUT2D eigenvalue weighted by molar-refractivity contribution is 5.76. The number of aliphatic hydroxyl groups excluding tert-OH is 5. The molecule has 0 aromatic rings. The second-order valence-corrected chi connectivity index (χ2v) is 6.12. The molecule has 0 fully saturated rings. The van der Waals surface area contributed by atoms with Gasteiger partial charge in [-0.3, -0.25) is 9.59 Å². The number of rotatable bonds is 14. The Hall–Kier alpha value is -2.13. The van der Waals surface area contributed by atoms with Crippen LogP contribution in [-0.2, 0) is 19.1 Å². The standard InChI is InChI=1S/C12H20O4.C6H12O7.2H3N/c1-2-3-4-5-6-7-10-16-12(15)9-8-11(13)14;7-1-2(8)3(9)4(10)5(11)6(12)13;;/h7,10H,2-6,8-9H2,1H3,(H,13,14);2-5,7-11H,1H2,(H,12,13);2*1H3. The second-order valence-electron chi connectivity index (χ2n) is 6.12. The van der Waals surface area contributed by atoms with Gasteiger partial charge in [0.1, 0.15) is 18.3 Å². The summed E-state index contributed by atoms with van der Waals surface area (Å²) >= 11 is 0. The Kier molecular flexibility index (Phi) is 26.4. The summed E-state index contributed by atoms with van der Waals surface area (Å²) in [6.45, 7) is 1.31. The summed E-state index contributed by atoms with van der Waals surface area (Å²) in [5, 5.41) is 60.1. The molecule has 0 aliphatic carbocycles. The lowest BCUT2D eigenvalue weighted by molar-refractivity contribution is -0.164. The zero-order valence-electron chi connectivity index (χ0n) is 17.8. The van der Waals surface area contributed by atoms with E-state index >= 15 is 0 Å². The van der Waals surface area contributed by atoms with Gasteiger partial charge in [-0.05, 0) is 18.9 Å². The van der Waals surface area contributed by atoms with E-state index in [1.54, 1.807) is 6.08 Å². The number of carboxylic acid groups (broad SMARTS) is 2. The molecular formula is C18H38N2O11. The van der Waals surface area contributed by atoms with Crippen molar-refractivity contribution in [1.82, 2.24) is 12.3 Å². The Morgan fingerprint density at radius 2 is 1.48 bits per heavy atom. The van der Waals surface area contributed by atoms with Gasteiger partial charge in [0, 0.05) is 0 Å². The summed E-state index contributed by atoms with van der Waals surface area (Å²) in [5.74, 6) is -3.20. The van der Waals surface area contributed by atoms with E-state index in [0.29, 0.717) is 0 Å². The normalized spacial score (nSPS) is 14.0. The van der Waals surface area contributed by atoms with E-state index in [4.69, 9.17) is 40.5 Å². The highest BCUT2D eigenvalue weighted by atomic mass is 16.5. The van der Waals surface area contributed by atoms with Crippen molar-refractivity contribution in [2.75, 3.05) is 6.61 Å². The Morgan fingerprint density at radius 3 is 1.94 bits per heavy atom. The van der Waals surface area contributed by atoms with Crippen LogP contribution in [0, 0.1) is 0 Å². The van der Waals surface area contributed by atoms with E-state index in [0.717, 1.165) is 12.8 Å². The topological polar surface area (TPSA) is 272 Å². The number of carboxylic acids is 2. The minimum atomic E-state index is -2.20. The molecule has 0 amide bonds. The maximum atomic E-state index is 10.9. The van der Waals surface area contributed by atoms with Gasteiger partial charge in [-0.1, -0.05) is 26.2 Å². The summed E-state index contributed by atoms with van der Waals surface area (Å²) in [6.07, 6.45) is 0.677. The quantitative estimate of drug-likeness (QED) is 0.0920. The molecule has 13 heteroatoms. The first-order chi connectivity index (χ1) is 13.6. The van der Waals surface area contributed by atoms with Crippen LogP contribution in [-0.4, -0.2) is 84.7 Å². The fourth-order valence-corrected chi connectivity index (χ4v) is 1.82. The monoisotopic (exact) mass is 458 g/mol. The Labute approximate surface area is 181 Å². The molecular weight excluding hydrogens is 420 g/mol. The van der Waals surface area contributed by atoms with Gasteiger partial charge in [-0.2, -0.15) is 0 Å². The van der Waals surface area contributed by atoms with Crippen molar-refractivity contribution in [3.05, 3.63) is 12.3 Å². The summed E-state index contributed by atoms with van der Waals surface area (Å²) in [6, 6.07) is 0. The zero-order chi connectivity index (χ0) is 22.8. The van der Waals surface area contributed by atoms with Crippen LogP contribution in [0.25, 0.3) is 0 Å². The first-order valence-corrected chi connectivity index (χ1v) is 9.20. The Morgan fingerprint density at radius 1 is 0.903 bits per heavy atom. The second kappa shape index (κ2) is 22.6. The van der Waals surface area contributed by atoms with Crippen LogP contribution in [0.1, 0.15) is 51.9 Å². The molecule has 4 atom stereocenters. The molecule has 0 aliphatic heterocycles. The maximum absolute atomic E-state index is 10.9. The van der Waals surface area contributed by atoms with E-state index in [9.17, 15) is 14.4 Å². The van der Waals surface area contributed by atoms with Gasteiger partial charge < -0.3 is 52.8 Å². The average Bonchev–Trinajstić information content (AvgIpc) is 2.69. The summed E-state index contributed by atoms with van der Waals surface area (Å²) in [7, 11) is 0. The molecule has 0 saturated carbocycles. The molecule has 13 N–H and O–H groups in total. The molecule has 4 unspecified atom stereocenters. The predicted octanol–water partition coefficient (Wildman–Crippen LogP) is -0.291. The van der Waals surface area contributed by atoms with Crippen molar-refractivity contribution in [2.24, 2.45) is 0 Å². The van der Waals surface area contributed by atoms with Crippen LogP contribution in [0.3, 0.4) is 0 Å². The van der Waals surface area contributed by atoms with E-state index in [-0.39, 0.29) is 25.1 Å². The minimum absolute atomic E-state index is 0. The number of carbonyl (C=O) groups is 3. The molecule has 0 bridgehead atoms. The van der Waals surface area contributed by atoms with Gasteiger partial charge in [0.15, 0.2) is 6.10 Å². The fraction of sp³-hybridized carbons (Fsp3) is 0.722. The van der Waals surface area contributed by atoms with E-state index < -0.39 is 48.9 Å². The fourth-order valence-electron chi connectivity index (χ4n) is 1.82. The van der Waals surface area contributed by atoms with Crippen molar-refractivity contribution in [3.63, 3.8) is 0 Å². The number of allylic oxidation sites excluding steroid dienone is 1. The Balaban J connectivity index is -0.000000225. The summed E-state index contributed by atoms with van der Waals surface area (Å²) in [5.41, 5.74) is 0. The van der Waals surface area contributed by atoms with E-state index in [2.05, 4.69) is 6.92 Å². The third-order valence-electron chi connectivity index (χ3n) is 3.57. The van der Waals surface area contributed by atoms with Crippen molar-refractivity contribution >= 4 is 17.9 Å². The number of esters is 1. The van der Waals surface area contributed by atoms with Crippen LogP contribution in [0.4, 0.5) is 0 Å². The van der Waals surface area contributed by atoms with Crippen LogP contribution in [0.5, 0.6) is 0 Å². The minimum Gasteiger partial charge on any atom is -0.481 e. The predicted molar refractivity (Wildman–Crippen MR) is 110 cm³/mol. The lowest BCUT2D eigenvalue weighted by atomic mass is 10.0. The molecule has 0 aliphatic rings. The van der Waals surface area contributed by atoms with Crippen LogP contribution in [0.15, 0.2) is 12.3 Å². The van der Waals surface area contributed by atoms with Crippen molar-refractivity contribution in [2.45, 2.75) is 76.3 Å². The van der Waals surface area contributed by atoms with Gasteiger partial charge in [0.25, 0.3) is 0 Å². The Bertz CT molecular complexity index is 503. The van der Waals surface area contributed by atoms with E-state index in [1.807, 2.05) is 0 Å². The first-order valence-electron chi connectivity index (χ1n) is 9.20. The molecule has 0 radical (unpaired) electrons. The molecule has 13 nitrogen and oxygen atoms in total. The summed E-state index contributed by atoms with van der Waals surface area (Å²) in [4.78, 5) is 31.2. The molecule has 0 heterocycles. The van der Waals surface area contributed by atoms with E-state index in [1.165, 1.54) is 25.5 Å². The van der Waals surface area contributed by atoms with Crippen molar-refractivity contribution in [1.29, 1.82) is 0 Å². The summed E-state index contributed by atoms with van der Waals surface area (Å²) < 4.78 is 4.72. The first kappa shape index (κ1) is 36.3. The lowest BCUT2D eigenvalue weighted by Crippen LogP contribution is -2.48. The number of aliphatic carboxylic acids is 2. The molecule has 0 aromatic carbocycles. The molecule has 186 valence electrons. The lowest BCUT2D eigenvalue weighted by Gasteiger charge is -2.23. The van der Waals surface area contributed by atoms with Gasteiger partial charge in [0.05, 0.1) is 25.7 Å². The van der Waals surface area contributed by atoms with Crippen molar-refractivity contribution in [3.8, 4) is 0 Å². The number of unbranched alkanes of at least 4 members (excludes halogenated alkanes) is 4. The van der Waals surface area contributed by atoms with Crippen LogP contribution >= 0.6 is 0 Å². The van der Waals surface area contributed by atoms with Crippen molar-refractivity contribution < 1.29 is 54.9 Å². The number of ether oxygens (including phenoxy) is 1. The highest BCUT2D eigenvalue weighted by Gasteiger charge is 2.33. The van der Waals surface area contributed by atoms with Crippen LogP contribution < -0.4 is 12.3 Å². The molecule has 0 spiro atoms. The SMILES string of the molecule is CCCCCCC=COC(=O)CCC(=O)O.N.N.O=C(O)C(O)C(O)C(O)C(O)CO. The highest BCUT2D eigenvalue weighted by Crippen LogP contribution is 2.05. The molecule has 0 aromatic heterocycles. The smallest absolute Gasteiger partial charge is 0.335 e. The molecule has 0 rings (SSSR count). The third-order valence-corrected chi connectivity index (χ3v) is 3.57. The molecule has 0 saturated heterocycles. The average molecular weight is 459 g/mol. The number of carbonyl (C=O) groups excluding carboxylic acids is 1.